The fraction of sp³-hybridized carbons (Fsp3) is 0.200. The Kier molecular flexibility index (Phi) is 7.04. The molecule has 0 saturated heterocycles. The summed E-state index contributed by atoms with van der Waals surface area (Å²) in [5, 5.41) is 9.06. The first-order valence-corrected chi connectivity index (χ1v) is 6.25. The third-order valence-corrected chi connectivity index (χ3v) is 2.54. The fourth-order valence-electron chi connectivity index (χ4n) is 1.58. The van der Waals surface area contributed by atoms with Crippen molar-refractivity contribution >= 4 is 12.2 Å². The van der Waals surface area contributed by atoms with Crippen LogP contribution in [0.4, 0.5) is 0 Å². The van der Waals surface area contributed by atoms with E-state index < -0.39 is 5.97 Å². The van der Waals surface area contributed by atoms with E-state index in [1.54, 1.807) is 31.6 Å². The molecule has 0 aliphatic heterocycles. The van der Waals surface area contributed by atoms with Gasteiger partial charge in [0.25, 0.3) is 0 Å². The maximum Gasteiger partial charge on any atom is 0.336 e. The number of aromatic carboxylic acids is 1. The van der Waals surface area contributed by atoms with E-state index in [9.17, 15) is 4.79 Å². The van der Waals surface area contributed by atoms with Crippen molar-refractivity contribution in [3.63, 3.8) is 0 Å². The summed E-state index contributed by atoms with van der Waals surface area (Å²) in [5.74, 6) is -0.197. The SMILES string of the molecule is CN=Cc1c(OC)cc(OC)cc1C(=O)O.c1cncnc1. The van der Waals surface area contributed by atoms with Crippen molar-refractivity contribution < 1.29 is 19.4 Å². The number of carbonyl (C=O) groups is 1. The molecule has 1 heterocycles. The highest BCUT2D eigenvalue weighted by Gasteiger charge is 2.15. The van der Waals surface area contributed by atoms with Crippen molar-refractivity contribution in [2.24, 2.45) is 4.99 Å². The normalized spacial score (nSPS) is 9.77. The molecule has 7 heteroatoms. The second-order valence-electron chi connectivity index (χ2n) is 3.89. The van der Waals surface area contributed by atoms with E-state index in [-0.39, 0.29) is 5.56 Å². The van der Waals surface area contributed by atoms with E-state index in [4.69, 9.17) is 14.6 Å². The Balaban J connectivity index is 0.000000335. The monoisotopic (exact) mass is 303 g/mol. The summed E-state index contributed by atoms with van der Waals surface area (Å²) in [4.78, 5) is 22.2. The van der Waals surface area contributed by atoms with Gasteiger partial charge in [-0.2, -0.15) is 0 Å². The van der Waals surface area contributed by atoms with Crippen molar-refractivity contribution in [3.8, 4) is 11.5 Å². The summed E-state index contributed by atoms with van der Waals surface area (Å²) in [7, 11) is 4.50. The van der Waals surface area contributed by atoms with Crippen LogP contribution in [0.1, 0.15) is 15.9 Å². The van der Waals surface area contributed by atoms with Crippen LogP contribution in [0.2, 0.25) is 0 Å². The van der Waals surface area contributed by atoms with Gasteiger partial charge in [-0.05, 0) is 12.1 Å². The van der Waals surface area contributed by atoms with Gasteiger partial charge < -0.3 is 14.6 Å². The van der Waals surface area contributed by atoms with Gasteiger partial charge in [0.05, 0.1) is 19.8 Å². The molecule has 1 N–H and O–H groups in total. The number of carboxylic acids is 1. The third kappa shape index (κ3) is 4.86. The number of hydrogen-bond acceptors (Lipinski definition) is 6. The lowest BCUT2D eigenvalue weighted by Crippen LogP contribution is -2.05. The highest BCUT2D eigenvalue weighted by molar-refractivity contribution is 6.00. The van der Waals surface area contributed by atoms with Crippen LogP contribution in [0.3, 0.4) is 0 Å². The van der Waals surface area contributed by atoms with Gasteiger partial charge in [-0.3, -0.25) is 4.99 Å². The molecule has 22 heavy (non-hydrogen) atoms. The second-order valence-corrected chi connectivity index (χ2v) is 3.89. The van der Waals surface area contributed by atoms with Crippen molar-refractivity contribution in [2.45, 2.75) is 0 Å². The minimum Gasteiger partial charge on any atom is -0.497 e. The zero-order valence-electron chi connectivity index (χ0n) is 12.6. The Morgan fingerprint density at radius 2 is 1.91 bits per heavy atom. The molecule has 0 unspecified atom stereocenters. The number of aromatic nitrogens is 2. The summed E-state index contributed by atoms with van der Waals surface area (Å²) in [6.45, 7) is 0. The first-order valence-electron chi connectivity index (χ1n) is 6.25. The molecule has 1 aromatic carbocycles. The maximum atomic E-state index is 11.1. The first-order chi connectivity index (χ1) is 10.6. The summed E-state index contributed by atoms with van der Waals surface area (Å²) >= 11 is 0. The number of hydrogen-bond donors (Lipinski definition) is 1. The number of aliphatic imine (C=N–C) groups is 1. The van der Waals surface area contributed by atoms with Gasteiger partial charge in [0.15, 0.2) is 0 Å². The third-order valence-electron chi connectivity index (χ3n) is 2.54. The van der Waals surface area contributed by atoms with Crippen LogP contribution in [0.15, 0.2) is 41.9 Å². The predicted octanol–water partition coefficient (Wildman–Crippen LogP) is 1.93. The maximum absolute atomic E-state index is 11.1. The fourth-order valence-corrected chi connectivity index (χ4v) is 1.58. The van der Waals surface area contributed by atoms with E-state index in [2.05, 4.69) is 15.0 Å². The Bertz CT molecular complexity index is 603. The lowest BCUT2D eigenvalue weighted by molar-refractivity contribution is 0.0696. The molecular formula is C15H17N3O4. The van der Waals surface area contributed by atoms with E-state index in [1.807, 2.05) is 0 Å². The minimum absolute atomic E-state index is 0.0989. The van der Waals surface area contributed by atoms with Gasteiger partial charge in [-0.15, -0.1) is 0 Å². The lowest BCUT2D eigenvalue weighted by Gasteiger charge is -2.10. The molecule has 0 fully saturated rings. The van der Waals surface area contributed by atoms with Crippen LogP contribution in [-0.4, -0.2) is 48.5 Å². The first kappa shape index (κ1) is 17.1. The van der Waals surface area contributed by atoms with Crippen LogP contribution in [0.25, 0.3) is 0 Å². The average molecular weight is 303 g/mol. The highest BCUT2D eigenvalue weighted by atomic mass is 16.5. The predicted molar refractivity (Wildman–Crippen MR) is 82.1 cm³/mol. The van der Waals surface area contributed by atoms with Gasteiger partial charge in [0.2, 0.25) is 0 Å². The topological polar surface area (TPSA) is 93.9 Å². The van der Waals surface area contributed by atoms with E-state index in [0.29, 0.717) is 17.1 Å². The summed E-state index contributed by atoms with van der Waals surface area (Å²) in [6, 6.07) is 4.82. The van der Waals surface area contributed by atoms with Gasteiger partial charge in [-0.25, -0.2) is 14.8 Å². The van der Waals surface area contributed by atoms with Crippen LogP contribution in [-0.2, 0) is 0 Å². The summed E-state index contributed by atoms with van der Waals surface area (Å²) < 4.78 is 10.1. The molecule has 0 amide bonds. The number of ether oxygens (including phenoxy) is 2. The van der Waals surface area contributed by atoms with Gasteiger partial charge in [-0.1, -0.05) is 0 Å². The number of benzene rings is 1. The molecule has 116 valence electrons. The minimum atomic E-state index is -1.05. The smallest absolute Gasteiger partial charge is 0.336 e. The van der Waals surface area contributed by atoms with Crippen molar-refractivity contribution in [2.75, 3.05) is 21.3 Å². The number of methoxy groups -OCH3 is 2. The Hall–Kier alpha value is -2.96. The summed E-state index contributed by atoms with van der Waals surface area (Å²) in [5.41, 5.74) is 0.528. The molecule has 0 bridgehead atoms. The van der Waals surface area contributed by atoms with Crippen molar-refractivity contribution in [3.05, 3.63) is 48.0 Å². The zero-order valence-corrected chi connectivity index (χ0v) is 12.6. The molecule has 0 aliphatic rings. The molecule has 2 aromatic rings. The zero-order chi connectivity index (χ0) is 16.4. The quantitative estimate of drug-likeness (QED) is 0.867. The van der Waals surface area contributed by atoms with E-state index in [1.165, 1.54) is 32.8 Å². The molecule has 2 rings (SSSR count). The van der Waals surface area contributed by atoms with E-state index >= 15 is 0 Å². The lowest BCUT2D eigenvalue weighted by atomic mass is 10.1. The van der Waals surface area contributed by atoms with Crippen molar-refractivity contribution in [1.82, 2.24) is 9.97 Å². The van der Waals surface area contributed by atoms with Crippen LogP contribution in [0, 0.1) is 0 Å². The van der Waals surface area contributed by atoms with Gasteiger partial charge in [0.1, 0.15) is 17.8 Å². The Morgan fingerprint density at radius 3 is 2.27 bits per heavy atom. The molecular weight excluding hydrogens is 286 g/mol. The number of carboxylic acid groups (broad SMARTS) is 1. The standard InChI is InChI=1S/C11H13NO4.C4H4N2/c1-12-6-9-8(11(13)14)4-7(15-2)5-10(9)16-3;1-2-5-4-6-3-1/h4-6H,1-3H3,(H,13,14);1-4H. The molecule has 0 atom stereocenters. The Labute approximate surface area is 128 Å². The molecule has 1 aromatic heterocycles. The molecule has 0 radical (unpaired) electrons. The van der Waals surface area contributed by atoms with Crippen LogP contribution >= 0.6 is 0 Å². The number of rotatable bonds is 4. The Morgan fingerprint density at radius 1 is 1.23 bits per heavy atom. The largest absolute Gasteiger partial charge is 0.497 e. The molecule has 0 spiro atoms. The average Bonchev–Trinajstić information content (AvgIpc) is 2.57. The van der Waals surface area contributed by atoms with E-state index in [0.717, 1.165) is 0 Å². The molecule has 7 nitrogen and oxygen atoms in total. The molecule has 0 saturated carbocycles. The van der Waals surface area contributed by atoms with Crippen LogP contribution in [0.5, 0.6) is 11.5 Å². The number of nitrogens with zero attached hydrogens (tertiary/aromatic N) is 3. The summed E-state index contributed by atoms with van der Waals surface area (Å²) in [6.07, 6.45) is 6.32. The highest BCUT2D eigenvalue weighted by Crippen LogP contribution is 2.27. The van der Waals surface area contributed by atoms with Gasteiger partial charge >= 0.3 is 5.97 Å². The van der Waals surface area contributed by atoms with Crippen LogP contribution < -0.4 is 9.47 Å². The molecule has 0 aliphatic carbocycles. The van der Waals surface area contributed by atoms with Gasteiger partial charge in [0, 0.05) is 37.3 Å². The van der Waals surface area contributed by atoms with Crippen molar-refractivity contribution in [1.29, 1.82) is 0 Å². The second kappa shape index (κ2) is 9.06.